The third kappa shape index (κ3) is 2.60. The van der Waals surface area contributed by atoms with E-state index in [0.717, 1.165) is 11.3 Å². The van der Waals surface area contributed by atoms with Crippen molar-refractivity contribution in [1.82, 2.24) is 10.2 Å². The molecule has 0 saturated carbocycles. The van der Waals surface area contributed by atoms with E-state index in [1.165, 1.54) is 11.8 Å². The van der Waals surface area contributed by atoms with Gasteiger partial charge in [0.15, 0.2) is 11.5 Å². The molecule has 6 nitrogen and oxygen atoms in total. The first kappa shape index (κ1) is 12.2. The molecule has 100 valence electrons. The van der Waals surface area contributed by atoms with Gasteiger partial charge in [-0.1, -0.05) is 11.8 Å². The van der Waals surface area contributed by atoms with Gasteiger partial charge in [-0.3, -0.25) is 0 Å². The zero-order valence-electron chi connectivity index (χ0n) is 10.4. The molecule has 0 saturated heterocycles. The number of ether oxygens (including phenoxy) is 2. The lowest BCUT2D eigenvalue weighted by Gasteiger charge is -2.19. The summed E-state index contributed by atoms with van der Waals surface area (Å²) in [5.74, 6) is 2.63. The van der Waals surface area contributed by atoms with Crippen LogP contribution in [0.5, 0.6) is 11.5 Å². The highest BCUT2D eigenvalue weighted by Crippen LogP contribution is 2.36. The Kier molecular flexibility index (Phi) is 3.20. The Morgan fingerprint density at radius 2 is 1.95 bits per heavy atom. The first-order valence-electron chi connectivity index (χ1n) is 5.83. The number of hydrogen-bond donors (Lipinski definition) is 1. The van der Waals surface area contributed by atoms with Gasteiger partial charge in [-0.2, -0.15) is 0 Å². The predicted molar refractivity (Wildman–Crippen MR) is 70.4 cm³/mol. The number of nitrogens with zero attached hydrogens (tertiary/aromatic N) is 2. The van der Waals surface area contributed by atoms with E-state index >= 15 is 0 Å². The minimum absolute atomic E-state index is 0.534. The van der Waals surface area contributed by atoms with E-state index in [-0.39, 0.29) is 0 Å². The second-order valence-corrected chi connectivity index (χ2v) is 5.00. The molecular formula is C12H13N3O3S. The zero-order valence-corrected chi connectivity index (χ0v) is 11.2. The molecule has 0 unspecified atom stereocenters. The van der Waals surface area contributed by atoms with Crippen LogP contribution in [0.1, 0.15) is 11.5 Å². The summed E-state index contributed by atoms with van der Waals surface area (Å²) in [7, 11) is 0. The van der Waals surface area contributed by atoms with Crippen molar-refractivity contribution in [1.29, 1.82) is 0 Å². The zero-order chi connectivity index (χ0) is 13.2. The maximum atomic E-state index is 6.00. The van der Waals surface area contributed by atoms with Crippen molar-refractivity contribution in [3.05, 3.63) is 23.6 Å². The quantitative estimate of drug-likeness (QED) is 0.679. The molecule has 0 fully saturated rings. The van der Waals surface area contributed by atoms with Crippen LogP contribution in [0.4, 0.5) is 5.69 Å². The van der Waals surface area contributed by atoms with Gasteiger partial charge < -0.3 is 19.6 Å². The summed E-state index contributed by atoms with van der Waals surface area (Å²) in [5.41, 5.74) is 7.64. The number of aryl methyl sites for hydroxylation is 1. The molecule has 1 aromatic carbocycles. The maximum Gasteiger partial charge on any atom is 0.276 e. The average molecular weight is 279 g/mol. The Labute approximate surface area is 114 Å². The second-order valence-electron chi connectivity index (χ2n) is 4.07. The van der Waals surface area contributed by atoms with Gasteiger partial charge in [0.2, 0.25) is 5.89 Å². The van der Waals surface area contributed by atoms with Crippen LogP contribution in [0, 0.1) is 6.92 Å². The van der Waals surface area contributed by atoms with Crippen molar-refractivity contribution in [2.45, 2.75) is 17.9 Å². The minimum Gasteiger partial charge on any atom is -0.486 e. The Morgan fingerprint density at radius 3 is 2.63 bits per heavy atom. The van der Waals surface area contributed by atoms with Crippen LogP contribution >= 0.6 is 11.8 Å². The molecule has 0 spiro atoms. The Morgan fingerprint density at radius 1 is 1.21 bits per heavy atom. The average Bonchev–Trinajstić information content (AvgIpc) is 2.82. The molecule has 0 aliphatic carbocycles. The van der Waals surface area contributed by atoms with E-state index in [1.807, 2.05) is 6.07 Å². The fraction of sp³-hybridized carbons (Fsp3) is 0.333. The largest absolute Gasteiger partial charge is 0.486 e. The lowest BCUT2D eigenvalue weighted by molar-refractivity contribution is 0.171. The fourth-order valence-corrected chi connectivity index (χ4v) is 2.55. The van der Waals surface area contributed by atoms with Gasteiger partial charge in [0, 0.05) is 24.4 Å². The fourth-order valence-electron chi connectivity index (χ4n) is 1.75. The molecule has 0 atom stereocenters. The summed E-state index contributed by atoms with van der Waals surface area (Å²) in [6.45, 7) is 2.88. The third-order valence-corrected chi connectivity index (χ3v) is 3.53. The molecule has 0 amide bonds. The minimum atomic E-state index is 0.534. The number of aromatic nitrogens is 2. The standard InChI is InChI=1S/C12H13N3O3S/c1-7-14-15-12(18-7)19-6-8-4-10-11(5-9(8)13)17-3-2-16-10/h4-5H,2-3,6,13H2,1H3. The van der Waals surface area contributed by atoms with Gasteiger partial charge in [0.1, 0.15) is 13.2 Å². The van der Waals surface area contributed by atoms with Crippen molar-refractivity contribution < 1.29 is 13.9 Å². The molecule has 2 N–H and O–H groups in total. The first-order chi connectivity index (χ1) is 9.22. The van der Waals surface area contributed by atoms with E-state index in [2.05, 4.69) is 10.2 Å². The van der Waals surface area contributed by atoms with Crippen molar-refractivity contribution >= 4 is 17.4 Å². The summed E-state index contributed by atoms with van der Waals surface area (Å²) in [4.78, 5) is 0. The number of benzene rings is 1. The van der Waals surface area contributed by atoms with Crippen molar-refractivity contribution in [2.75, 3.05) is 18.9 Å². The highest BCUT2D eigenvalue weighted by atomic mass is 32.2. The van der Waals surface area contributed by atoms with Crippen LogP contribution in [0.2, 0.25) is 0 Å². The number of anilines is 1. The SMILES string of the molecule is Cc1nnc(SCc2cc3c(cc2N)OCCO3)o1. The Balaban J connectivity index is 1.77. The van der Waals surface area contributed by atoms with Crippen LogP contribution in [0.15, 0.2) is 21.8 Å². The van der Waals surface area contributed by atoms with Gasteiger partial charge in [0.05, 0.1) is 0 Å². The van der Waals surface area contributed by atoms with Gasteiger partial charge >= 0.3 is 0 Å². The molecule has 1 aliphatic heterocycles. The summed E-state index contributed by atoms with van der Waals surface area (Å²) >= 11 is 1.44. The van der Waals surface area contributed by atoms with E-state index in [1.54, 1.807) is 13.0 Å². The molecule has 0 bridgehead atoms. The highest BCUT2D eigenvalue weighted by Gasteiger charge is 2.15. The molecule has 19 heavy (non-hydrogen) atoms. The summed E-state index contributed by atoms with van der Waals surface area (Å²) < 4.78 is 16.3. The first-order valence-corrected chi connectivity index (χ1v) is 6.82. The van der Waals surface area contributed by atoms with Gasteiger partial charge in [-0.15, -0.1) is 10.2 Å². The number of hydrogen-bond acceptors (Lipinski definition) is 7. The maximum absolute atomic E-state index is 6.00. The molecule has 7 heteroatoms. The highest BCUT2D eigenvalue weighted by molar-refractivity contribution is 7.98. The molecule has 1 aliphatic rings. The van der Waals surface area contributed by atoms with Crippen molar-refractivity contribution in [3.8, 4) is 11.5 Å². The smallest absolute Gasteiger partial charge is 0.276 e. The van der Waals surface area contributed by atoms with Crippen LogP contribution in [0.3, 0.4) is 0 Å². The number of nitrogens with two attached hydrogens (primary N) is 1. The number of fused-ring (bicyclic) bond motifs is 1. The van der Waals surface area contributed by atoms with Crippen LogP contribution in [-0.4, -0.2) is 23.4 Å². The number of nitrogen functional groups attached to an aromatic ring is 1. The predicted octanol–water partition coefficient (Wildman–Crippen LogP) is 2.02. The Bertz CT molecular complexity index is 600. The molecule has 3 rings (SSSR count). The lowest BCUT2D eigenvalue weighted by atomic mass is 10.2. The molecule has 2 aromatic rings. The van der Waals surface area contributed by atoms with E-state index in [9.17, 15) is 0 Å². The second kappa shape index (κ2) is 5.00. The topological polar surface area (TPSA) is 83.4 Å². The van der Waals surface area contributed by atoms with E-state index in [0.29, 0.717) is 41.5 Å². The molecule has 1 aromatic heterocycles. The molecular weight excluding hydrogens is 266 g/mol. The monoisotopic (exact) mass is 279 g/mol. The summed E-state index contributed by atoms with van der Waals surface area (Å²) in [5, 5.41) is 8.24. The normalized spacial score (nSPS) is 13.5. The lowest BCUT2D eigenvalue weighted by Crippen LogP contribution is -2.15. The molecule has 2 heterocycles. The van der Waals surface area contributed by atoms with Gasteiger partial charge in [0.25, 0.3) is 5.22 Å². The molecule has 0 radical (unpaired) electrons. The van der Waals surface area contributed by atoms with Crippen molar-refractivity contribution in [2.24, 2.45) is 0 Å². The van der Waals surface area contributed by atoms with Crippen LogP contribution < -0.4 is 15.2 Å². The number of thioether (sulfide) groups is 1. The number of rotatable bonds is 3. The summed E-state index contributed by atoms with van der Waals surface area (Å²) in [6, 6.07) is 3.70. The van der Waals surface area contributed by atoms with E-state index < -0.39 is 0 Å². The van der Waals surface area contributed by atoms with Crippen molar-refractivity contribution in [3.63, 3.8) is 0 Å². The Hall–Kier alpha value is -1.89. The van der Waals surface area contributed by atoms with E-state index in [4.69, 9.17) is 19.6 Å². The third-order valence-electron chi connectivity index (χ3n) is 2.66. The van der Waals surface area contributed by atoms with Gasteiger partial charge in [-0.25, -0.2) is 0 Å². The summed E-state index contributed by atoms with van der Waals surface area (Å²) in [6.07, 6.45) is 0. The van der Waals surface area contributed by atoms with Crippen LogP contribution in [0.25, 0.3) is 0 Å². The van der Waals surface area contributed by atoms with Gasteiger partial charge in [-0.05, 0) is 11.6 Å². The van der Waals surface area contributed by atoms with Crippen LogP contribution in [-0.2, 0) is 5.75 Å².